The molecule has 0 aliphatic carbocycles. The minimum atomic E-state index is -3.70. The zero-order chi connectivity index (χ0) is 14.6. The van der Waals surface area contributed by atoms with E-state index in [4.69, 9.17) is 10.5 Å². The van der Waals surface area contributed by atoms with Crippen molar-refractivity contribution in [3.8, 4) is 0 Å². The van der Waals surface area contributed by atoms with Crippen LogP contribution in [0.2, 0.25) is 0 Å². The standard InChI is InChI=1S/C11H22N4O3S/c1-7(2)10(6-18-4)15-19(16,17)11-9(5-12)8(3)13-14-11/h7,10,15H,5-6,12H2,1-4H3,(H,13,14). The van der Waals surface area contributed by atoms with Crippen LogP contribution in [0.5, 0.6) is 0 Å². The normalized spacial score (nSPS) is 14.0. The summed E-state index contributed by atoms with van der Waals surface area (Å²) in [5.74, 6) is 0.107. The molecule has 0 aromatic carbocycles. The SMILES string of the molecule is COCC(NS(=O)(=O)c1n[nH]c(C)c1CN)C(C)C. The lowest BCUT2D eigenvalue weighted by Gasteiger charge is -2.21. The Morgan fingerprint density at radius 1 is 1.47 bits per heavy atom. The van der Waals surface area contributed by atoms with E-state index in [1.807, 2.05) is 13.8 Å². The molecule has 0 amide bonds. The number of hydrogen-bond donors (Lipinski definition) is 3. The lowest BCUT2D eigenvalue weighted by molar-refractivity contribution is 0.157. The van der Waals surface area contributed by atoms with Gasteiger partial charge in [-0.05, 0) is 12.8 Å². The van der Waals surface area contributed by atoms with Crippen molar-refractivity contribution in [2.45, 2.75) is 38.4 Å². The van der Waals surface area contributed by atoms with Crippen molar-refractivity contribution in [2.75, 3.05) is 13.7 Å². The summed E-state index contributed by atoms with van der Waals surface area (Å²) in [5, 5.41) is 6.45. The molecule has 1 rings (SSSR count). The zero-order valence-corrected chi connectivity index (χ0v) is 12.5. The molecular weight excluding hydrogens is 268 g/mol. The van der Waals surface area contributed by atoms with Gasteiger partial charge < -0.3 is 10.5 Å². The number of nitrogens with zero attached hydrogens (tertiary/aromatic N) is 1. The molecule has 19 heavy (non-hydrogen) atoms. The molecule has 0 aliphatic rings. The number of H-pyrrole nitrogens is 1. The van der Waals surface area contributed by atoms with E-state index >= 15 is 0 Å². The molecule has 0 spiro atoms. The monoisotopic (exact) mass is 290 g/mol. The van der Waals surface area contributed by atoms with E-state index in [0.29, 0.717) is 17.9 Å². The fourth-order valence-electron chi connectivity index (χ4n) is 1.69. The van der Waals surface area contributed by atoms with Gasteiger partial charge in [-0.3, -0.25) is 5.10 Å². The molecule has 1 heterocycles. The van der Waals surface area contributed by atoms with Crippen LogP contribution in [0, 0.1) is 12.8 Å². The van der Waals surface area contributed by atoms with Crippen molar-refractivity contribution in [1.29, 1.82) is 0 Å². The molecule has 8 heteroatoms. The van der Waals surface area contributed by atoms with E-state index in [9.17, 15) is 8.42 Å². The summed E-state index contributed by atoms with van der Waals surface area (Å²) in [5.41, 5.74) is 6.73. The Labute approximate surface area is 114 Å². The average Bonchev–Trinajstić information content (AvgIpc) is 2.70. The first-order valence-electron chi connectivity index (χ1n) is 6.08. The molecule has 110 valence electrons. The number of nitrogens with one attached hydrogen (secondary N) is 2. The first-order chi connectivity index (χ1) is 8.83. The minimum Gasteiger partial charge on any atom is -0.383 e. The molecule has 0 radical (unpaired) electrons. The lowest BCUT2D eigenvalue weighted by Crippen LogP contribution is -2.42. The highest BCUT2D eigenvalue weighted by atomic mass is 32.2. The van der Waals surface area contributed by atoms with Crippen LogP contribution in [-0.4, -0.2) is 38.4 Å². The van der Waals surface area contributed by atoms with Crippen molar-refractivity contribution < 1.29 is 13.2 Å². The van der Waals surface area contributed by atoms with Crippen LogP contribution in [0.3, 0.4) is 0 Å². The van der Waals surface area contributed by atoms with Crippen molar-refractivity contribution in [1.82, 2.24) is 14.9 Å². The summed E-state index contributed by atoms with van der Waals surface area (Å²) in [6.45, 7) is 6.01. The second-order valence-electron chi connectivity index (χ2n) is 4.76. The Bertz CT molecular complexity index is 510. The second kappa shape index (κ2) is 6.47. The Hall–Kier alpha value is -0.960. The maximum Gasteiger partial charge on any atom is 0.260 e. The predicted octanol–water partition coefficient (Wildman–Crippen LogP) is 0.126. The molecular formula is C11H22N4O3S. The van der Waals surface area contributed by atoms with Gasteiger partial charge >= 0.3 is 0 Å². The molecule has 0 saturated heterocycles. The maximum absolute atomic E-state index is 12.3. The third-order valence-corrected chi connectivity index (χ3v) is 4.41. The van der Waals surface area contributed by atoms with E-state index in [1.54, 1.807) is 6.92 Å². The van der Waals surface area contributed by atoms with E-state index < -0.39 is 10.0 Å². The van der Waals surface area contributed by atoms with Gasteiger partial charge in [-0.2, -0.15) is 5.10 Å². The number of sulfonamides is 1. The van der Waals surface area contributed by atoms with E-state index in [-0.39, 0.29) is 23.5 Å². The number of nitrogens with two attached hydrogens (primary N) is 1. The molecule has 7 nitrogen and oxygen atoms in total. The molecule has 4 N–H and O–H groups in total. The van der Waals surface area contributed by atoms with Gasteiger partial charge in [0.1, 0.15) is 0 Å². The first-order valence-corrected chi connectivity index (χ1v) is 7.57. The van der Waals surface area contributed by atoms with Crippen molar-refractivity contribution in [2.24, 2.45) is 11.7 Å². The maximum atomic E-state index is 12.3. The van der Waals surface area contributed by atoms with Crippen LogP contribution in [0.25, 0.3) is 0 Å². The smallest absolute Gasteiger partial charge is 0.260 e. The van der Waals surface area contributed by atoms with Gasteiger partial charge in [-0.1, -0.05) is 13.8 Å². The fourth-order valence-corrected chi connectivity index (χ4v) is 3.27. The molecule has 1 aromatic rings. The van der Waals surface area contributed by atoms with Crippen LogP contribution >= 0.6 is 0 Å². The van der Waals surface area contributed by atoms with Crippen LogP contribution < -0.4 is 10.5 Å². The summed E-state index contributed by atoms with van der Waals surface area (Å²) in [6, 6.07) is -0.308. The first kappa shape index (κ1) is 16.1. The summed E-state index contributed by atoms with van der Waals surface area (Å²) in [6.07, 6.45) is 0. The third-order valence-electron chi connectivity index (χ3n) is 2.95. The molecule has 0 aliphatic heterocycles. The number of aryl methyl sites for hydroxylation is 1. The number of rotatable bonds is 7. The van der Waals surface area contributed by atoms with Crippen molar-refractivity contribution >= 4 is 10.0 Å². The summed E-state index contributed by atoms with van der Waals surface area (Å²) in [4.78, 5) is 0. The van der Waals surface area contributed by atoms with Gasteiger partial charge in [0, 0.05) is 31.0 Å². The Morgan fingerprint density at radius 3 is 2.58 bits per heavy atom. The average molecular weight is 290 g/mol. The quantitative estimate of drug-likeness (QED) is 0.661. The molecule has 0 bridgehead atoms. The number of aromatic nitrogens is 2. The summed E-state index contributed by atoms with van der Waals surface area (Å²) >= 11 is 0. The van der Waals surface area contributed by atoms with Gasteiger partial charge in [0.05, 0.1) is 6.61 Å². The predicted molar refractivity (Wildman–Crippen MR) is 72.0 cm³/mol. The van der Waals surface area contributed by atoms with Gasteiger partial charge in [-0.25, -0.2) is 13.1 Å². The molecule has 0 fully saturated rings. The van der Waals surface area contributed by atoms with Gasteiger partial charge in [0.15, 0.2) is 5.03 Å². The third kappa shape index (κ3) is 3.75. The van der Waals surface area contributed by atoms with E-state index in [2.05, 4.69) is 14.9 Å². The highest BCUT2D eigenvalue weighted by molar-refractivity contribution is 7.89. The number of hydrogen-bond acceptors (Lipinski definition) is 5. The molecule has 0 saturated carbocycles. The van der Waals surface area contributed by atoms with Crippen molar-refractivity contribution in [3.63, 3.8) is 0 Å². The molecule has 1 unspecified atom stereocenters. The highest BCUT2D eigenvalue weighted by Gasteiger charge is 2.27. The Balaban J connectivity index is 3.03. The van der Waals surface area contributed by atoms with Crippen LogP contribution in [0.15, 0.2) is 5.03 Å². The Morgan fingerprint density at radius 2 is 2.11 bits per heavy atom. The minimum absolute atomic E-state index is 0.0331. The van der Waals surface area contributed by atoms with Gasteiger partial charge in [-0.15, -0.1) is 0 Å². The van der Waals surface area contributed by atoms with Gasteiger partial charge in [0.25, 0.3) is 10.0 Å². The molecule has 1 aromatic heterocycles. The topological polar surface area (TPSA) is 110 Å². The molecule has 1 atom stereocenters. The number of aromatic amines is 1. The number of ether oxygens (including phenoxy) is 1. The second-order valence-corrected chi connectivity index (χ2v) is 6.39. The van der Waals surface area contributed by atoms with Crippen molar-refractivity contribution in [3.05, 3.63) is 11.3 Å². The number of methoxy groups -OCH3 is 1. The van der Waals surface area contributed by atoms with Crippen LogP contribution in [-0.2, 0) is 21.3 Å². The lowest BCUT2D eigenvalue weighted by atomic mass is 10.1. The van der Waals surface area contributed by atoms with Gasteiger partial charge in [0.2, 0.25) is 0 Å². The Kier molecular flexibility index (Phi) is 5.48. The van der Waals surface area contributed by atoms with Crippen LogP contribution in [0.1, 0.15) is 25.1 Å². The highest BCUT2D eigenvalue weighted by Crippen LogP contribution is 2.16. The van der Waals surface area contributed by atoms with E-state index in [0.717, 1.165) is 0 Å². The van der Waals surface area contributed by atoms with Crippen LogP contribution in [0.4, 0.5) is 0 Å². The summed E-state index contributed by atoms with van der Waals surface area (Å²) < 4.78 is 32.3. The van der Waals surface area contributed by atoms with E-state index in [1.165, 1.54) is 7.11 Å². The fraction of sp³-hybridized carbons (Fsp3) is 0.727. The zero-order valence-electron chi connectivity index (χ0n) is 11.7. The summed E-state index contributed by atoms with van der Waals surface area (Å²) in [7, 11) is -2.17. The largest absolute Gasteiger partial charge is 0.383 e.